The number of aliphatic hydroxyl groups excluding tert-OH is 2. The molecule has 0 aromatic carbocycles. The lowest BCUT2D eigenvalue weighted by atomic mass is 10.1. The van der Waals surface area contributed by atoms with Gasteiger partial charge in [0, 0.05) is 40.0 Å². The van der Waals surface area contributed by atoms with Gasteiger partial charge in [-0.25, -0.2) is 4.99 Å². The van der Waals surface area contributed by atoms with Gasteiger partial charge in [0.1, 0.15) is 24.6 Å². The number of likely N-dealkylation sites (N-methyl/N-ethyl adjacent to an activating group) is 1. The third-order valence-corrected chi connectivity index (χ3v) is 7.00. The molecular weight excluding hydrogens is 446 g/mol. The monoisotopic (exact) mass is 479 g/mol. The van der Waals surface area contributed by atoms with Gasteiger partial charge in [0.15, 0.2) is 18.4 Å². The van der Waals surface area contributed by atoms with E-state index in [1.807, 2.05) is 26.2 Å². The van der Waals surface area contributed by atoms with Crippen LogP contribution in [0.25, 0.3) is 0 Å². The topological polar surface area (TPSA) is 102 Å². The van der Waals surface area contributed by atoms with Gasteiger partial charge in [0.05, 0.1) is 12.0 Å². The van der Waals surface area contributed by atoms with Gasteiger partial charge >= 0.3 is 0 Å². The summed E-state index contributed by atoms with van der Waals surface area (Å²) in [6.45, 7) is 4.10. The first-order chi connectivity index (χ1) is 15.9. The maximum Gasteiger partial charge on any atom is 0.176 e. The summed E-state index contributed by atoms with van der Waals surface area (Å²) >= 11 is 1.77. The smallest absolute Gasteiger partial charge is 0.176 e. The van der Waals surface area contributed by atoms with Crippen LogP contribution in [0.5, 0.6) is 0 Å². The molecule has 4 rings (SSSR count). The highest BCUT2D eigenvalue weighted by Crippen LogP contribution is 2.48. The second-order valence-corrected chi connectivity index (χ2v) is 9.75. The van der Waals surface area contributed by atoms with Crippen LogP contribution in [0, 0.1) is 0 Å². The molecule has 0 saturated carbocycles. The Morgan fingerprint density at radius 2 is 2.24 bits per heavy atom. The summed E-state index contributed by atoms with van der Waals surface area (Å²) in [6.07, 6.45) is 9.05. The highest BCUT2D eigenvalue weighted by Gasteiger charge is 2.47. The van der Waals surface area contributed by atoms with Crippen LogP contribution < -0.4 is 5.32 Å². The van der Waals surface area contributed by atoms with Crippen LogP contribution in [-0.4, -0.2) is 102 Å². The minimum Gasteiger partial charge on any atom is -0.481 e. The van der Waals surface area contributed by atoms with E-state index in [1.54, 1.807) is 16.7 Å². The number of ether oxygens (including phenoxy) is 2. The number of allylic oxidation sites excluding steroid dienone is 1. The fourth-order valence-corrected chi connectivity index (χ4v) is 4.85. The van der Waals surface area contributed by atoms with Gasteiger partial charge in [-0.2, -0.15) is 5.06 Å². The molecule has 2 heterocycles. The van der Waals surface area contributed by atoms with Crippen molar-refractivity contribution in [3.05, 3.63) is 46.4 Å². The van der Waals surface area contributed by atoms with Gasteiger partial charge in [-0.15, -0.1) is 11.8 Å². The predicted molar refractivity (Wildman–Crippen MR) is 126 cm³/mol. The number of fused-ring (bicyclic) bond motifs is 1. The Morgan fingerprint density at radius 1 is 1.39 bits per heavy atom. The Bertz CT molecular complexity index is 871. The predicted octanol–water partition coefficient (Wildman–Crippen LogP) is 0.759. The van der Waals surface area contributed by atoms with Crippen molar-refractivity contribution in [2.45, 2.75) is 30.5 Å². The maximum absolute atomic E-state index is 11.1. The summed E-state index contributed by atoms with van der Waals surface area (Å²) in [6, 6.07) is 0. The number of rotatable bonds is 12. The number of nitrogens with one attached hydrogen (secondary N) is 1. The molecule has 10 nitrogen and oxygen atoms in total. The van der Waals surface area contributed by atoms with E-state index in [0.29, 0.717) is 44.2 Å². The fraction of sp³-hybridized carbons (Fsp3) is 0.591. The molecule has 3 unspecified atom stereocenters. The largest absolute Gasteiger partial charge is 0.481 e. The number of nitrogens with zero attached hydrogens (tertiary/aromatic N) is 4. The van der Waals surface area contributed by atoms with E-state index in [2.05, 4.69) is 34.4 Å². The molecule has 33 heavy (non-hydrogen) atoms. The van der Waals surface area contributed by atoms with Gasteiger partial charge in [0.2, 0.25) is 0 Å². The molecule has 0 aromatic rings. The lowest BCUT2D eigenvalue weighted by Gasteiger charge is -2.28. The van der Waals surface area contributed by atoms with Gasteiger partial charge in [-0.05, 0) is 36.0 Å². The summed E-state index contributed by atoms with van der Waals surface area (Å²) in [4.78, 5) is 15.4. The summed E-state index contributed by atoms with van der Waals surface area (Å²) in [5.41, 5.74) is 1.53. The molecule has 2 aliphatic heterocycles. The van der Waals surface area contributed by atoms with Crippen LogP contribution >= 0.6 is 11.8 Å². The van der Waals surface area contributed by atoms with Crippen LogP contribution in [0.2, 0.25) is 0 Å². The summed E-state index contributed by atoms with van der Waals surface area (Å²) in [5, 5.41) is 25.3. The number of hydrogen-bond acceptors (Lipinski definition) is 11. The van der Waals surface area contributed by atoms with Crippen LogP contribution in [0.15, 0.2) is 51.4 Å². The van der Waals surface area contributed by atoms with Gasteiger partial charge in [-0.3, -0.25) is 4.84 Å². The van der Waals surface area contributed by atoms with E-state index in [1.165, 1.54) is 21.9 Å². The lowest BCUT2D eigenvalue weighted by Crippen LogP contribution is -2.43. The van der Waals surface area contributed by atoms with Crippen molar-refractivity contribution in [3.63, 3.8) is 0 Å². The third-order valence-electron chi connectivity index (χ3n) is 5.76. The van der Waals surface area contributed by atoms with Crippen LogP contribution in [0.1, 0.15) is 13.3 Å². The molecule has 3 N–H and O–H groups in total. The van der Waals surface area contributed by atoms with Gasteiger partial charge < -0.3 is 34.8 Å². The minimum atomic E-state index is -1.06. The average molecular weight is 480 g/mol. The zero-order chi connectivity index (χ0) is 23.4. The zero-order valence-electron chi connectivity index (χ0n) is 19.3. The Hall–Kier alpha value is -2.02. The number of thioether (sulfide) groups is 1. The van der Waals surface area contributed by atoms with E-state index in [4.69, 9.17) is 14.3 Å². The van der Waals surface area contributed by atoms with Crippen molar-refractivity contribution in [1.29, 1.82) is 0 Å². The molecule has 2 aliphatic carbocycles. The van der Waals surface area contributed by atoms with Crippen molar-refractivity contribution in [2.24, 2.45) is 4.99 Å². The second kappa shape index (κ2) is 10.5. The van der Waals surface area contributed by atoms with Gasteiger partial charge in [0.25, 0.3) is 0 Å². The van der Waals surface area contributed by atoms with E-state index >= 15 is 0 Å². The van der Waals surface area contributed by atoms with Crippen LogP contribution in [-0.2, 0) is 14.3 Å². The van der Waals surface area contributed by atoms with Crippen molar-refractivity contribution in [1.82, 2.24) is 20.2 Å². The Morgan fingerprint density at radius 3 is 2.88 bits per heavy atom. The van der Waals surface area contributed by atoms with Crippen molar-refractivity contribution >= 4 is 18.2 Å². The molecule has 0 saturated heterocycles. The third kappa shape index (κ3) is 5.56. The highest BCUT2D eigenvalue weighted by molar-refractivity contribution is 8.03. The van der Waals surface area contributed by atoms with E-state index in [-0.39, 0.29) is 24.3 Å². The number of aliphatic hydroxyl groups is 2. The normalized spacial score (nSPS) is 29.1. The van der Waals surface area contributed by atoms with Crippen molar-refractivity contribution in [2.75, 3.05) is 53.7 Å². The Kier molecular flexibility index (Phi) is 7.67. The summed E-state index contributed by atoms with van der Waals surface area (Å²) < 4.78 is 11.3. The first kappa shape index (κ1) is 24.1. The van der Waals surface area contributed by atoms with Crippen molar-refractivity contribution in [3.8, 4) is 0 Å². The zero-order valence-corrected chi connectivity index (χ0v) is 20.1. The molecule has 0 bridgehead atoms. The van der Waals surface area contributed by atoms with E-state index < -0.39 is 6.23 Å². The number of aliphatic imine (C=N–C) groups is 1. The molecule has 0 amide bonds. The minimum absolute atomic E-state index is 0.0123. The SMILES string of the molecule is CC1=CN(C)C(CNC2=C(N=COCCOC34C=CC3=C4)N(C)CON(CCCO)C2O)S1. The molecular formula is C22H33N5O5S. The Labute approximate surface area is 198 Å². The Balaban J connectivity index is 1.39. The molecule has 0 spiro atoms. The fourth-order valence-electron chi connectivity index (χ4n) is 3.80. The molecule has 182 valence electrons. The van der Waals surface area contributed by atoms with Crippen molar-refractivity contribution < 1.29 is 24.5 Å². The molecule has 4 aliphatic rings. The standard InChI is InChI=1S/C22H33N5O5S/c1-16-13-25(2)18(33-16)12-23-19-20(26(3)15-32-27(21(19)29)7-4-8-28)24-14-30-9-10-31-22-6-5-17(22)11-22/h5-6,11,13-14,18,21,23,28-29H,4,7-10,12,15H2,1-3H3. The van der Waals surface area contributed by atoms with Crippen LogP contribution in [0.3, 0.4) is 0 Å². The second-order valence-electron chi connectivity index (χ2n) is 8.32. The van der Waals surface area contributed by atoms with E-state index in [9.17, 15) is 10.2 Å². The first-order valence-corrected chi connectivity index (χ1v) is 12.0. The molecule has 0 aromatic heterocycles. The molecule has 3 atom stereocenters. The van der Waals surface area contributed by atoms with Crippen LogP contribution in [0.4, 0.5) is 0 Å². The van der Waals surface area contributed by atoms with E-state index in [0.717, 1.165) is 0 Å². The molecule has 11 heteroatoms. The number of hydroxylamine groups is 2. The highest BCUT2D eigenvalue weighted by atomic mass is 32.2. The summed E-state index contributed by atoms with van der Waals surface area (Å²) in [5.74, 6) is 0.525. The summed E-state index contributed by atoms with van der Waals surface area (Å²) in [7, 11) is 3.87. The maximum atomic E-state index is 11.1. The molecule has 0 radical (unpaired) electrons. The van der Waals surface area contributed by atoms with Gasteiger partial charge in [-0.1, -0.05) is 6.08 Å². The first-order valence-electron chi connectivity index (χ1n) is 11.1. The number of hydrogen-bond donors (Lipinski definition) is 3. The quantitative estimate of drug-likeness (QED) is 0.211. The lowest BCUT2D eigenvalue weighted by molar-refractivity contribution is -0.238. The molecule has 0 fully saturated rings. The average Bonchev–Trinajstić information content (AvgIpc) is 3.17.